The van der Waals surface area contributed by atoms with E-state index in [4.69, 9.17) is 4.74 Å². The number of nitrogens with zero attached hydrogens (tertiary/aromatic N) is 2. The van der Waals surface area contributed by atoms with Gasteiger partial charge in [-0.05, 0) is 34.7 Å². The highest BCUT2D eigenvalue weighted by atomic mass is 79.9. The summed E-state index contributed by atoms with van der Waals surface area (Å²) in [5.41, 5.74) is 0. The molecule has 1 saturated carbocycles. The summed E-state index contributed by atoms with van der Waals surface area (Å²) in [5, 5.41) is 4.25. The van der Waals surface area contributed by atoms with E-state index in [1.807, 2.05) is 4.68 Å². The zero-order valence-corrected chi connectivity index (χ0v) is 9.25. The molecule has 1 aliphatic rings. The summed E-state index contributed by atoms with van der Waals surface area (Å²) in [6.07, 6.45) is 5.81. The minimum absolute atomic E-state index is 0.819. The molecule has 2 rings (SSSR count). The molecule has 13 heavy (non-hydrogen) atoms. The normalized spacial score (nSPS) is 17.1. The number of ether oxygens (including phenoxy) is 1. The average Bonchev–Trinajstić information content (AvgIpc) is 2.40. The van der Waals surface area contributed by atoms with Gasteiger partial charge in [0, 0.05) is 6.54 Å². The molecule has 0 amide bonds. The maximum absolute atomic E-state index is 5.13. The van der Waals surface area contributed by atoms with Crippen LogP contribution < -0.4 is 4.74 Å². The predicted octanol–water partition coefficient (Wildman–Crippen LogP) is 2.45. The molecule has 0 bridgehead atoms. The van der Waals surface area contributed by atoms with Crippen molar-refractivity contribution in [1.82, 2.24) is 9.78 Å². The third-order valence-corrected chi connectivity index (χ3v) is 3.42. The summed E-state index contributed by atoms with van der Waals surface area (Å²) < 4.78 is 8.06. The van der Waals surface area contributed by atoms with Crippen LogP contribution >= 0.6 is 15.9 Å². The van der Waals surface area contributed by atoms with Crippen molar-refractivity contribution < 1.29 is 4.74 Å². The number of methoxy groups -OCH3 is 1. The maximum Gasteiger partial charge on any atom is 0.171 e. The van der Waals surface area contributed by atoms with Crippen LogP contribution in [0.25, 0.3) is 0 Å². The van der Waals surface area contributed by atoms with Crippen LogP contribution in [-0.4, -0.2) is 16.9 Å². The van der Waals surface area contributed by atoms with Crippen molar-refractivity contribution in [3.63, 3.8) is 0 Å². The average molecular weight is 245 g/mol. The number of aromatic nitrogens is 2. The fourth-order valence-corrected chi connectivity index (χ4v) is 2.04. The molecule has 1 aromatic rings. The largest absolute Gasteiger partial charge is 0.492 e. The number of halogens is 1. The van der Waals surface area contributed by atoms with E-state index in [9.17, 15) is 0 Å². The molecule has 1 fully saturated rings. The fourth-order valence-electron chi connectivity index (χ4n) is 1.54. The number of hydrogen-bond acceptors (Lipinski definition) is 2. The van der Waals surface area contributed by atoms with Crippen LogP contribution in [0.2, 0.25) is 0 Å². The SMILES string of the molecule is COc1cnn(CC2CCC2)c1Br. The van der Waals surface area contributed by atoms with Gasteiger partial charge in [0.25, 0.3) is 0 Å². The quantitative estimate of drug-likeness (QED) is 0.817. The molecule has 1 aromatic heterocycles. The van der Waals surface area contributed by atoms with E-state index in [1.54, 1.807) is 13.3 Å². The van der Waals surface area contributed by atoms with Crippen LogP contribution in [0.5, 0.6) is 5.75 Å². The Morgan fingerprint density at radius 3 is 2.92 bits per heavy atom. The first-order valence-corrected chi connectivity index (χ1v) is 5.36. The van der Waals surface area contributed by atoms with E-state index in [-0.39, 0.29) is 0 Å². The highest BCUT2D eigenvalue weighted by molar-refractivity contribution is 9.10. The van der Waals surface area contributed by atoms with E-state index in [0.717, 1.165) is 22.8 Å². The second-order valence-electron chi connectivity index (χ2n) is 3.48. The van der Waals surface area contributed by atoms with Crippen LogP contribution in [0.1, 0.15) is 19.3 Å². The van der Waals surface area contributed by atoms with Gasteiger partial charge in [0.1, 0.15) is 4.60 Å². The molecule has 4 heteroatoms. The van der Waals surface area contributed by atoms with Crippen molar-refractivity contribution in [2.75, 3.05) is 7.11 Å². The van der Waals surface area contributed by atoms with E-state index in [0.29, 0.717) is 0 Å². The molecule has 3 nitrogen and oxygen atoms in total. The molecule has 0 radical (unpaired) electrons. The Morgan fingerprint density at radius 1 is 1.69 bits per heavy atom. The summed E-state index contributed by atoms with van der Waals surface area (Å²) in [5.74, 6) is 1.64. The van der Waals surface area contributed by atoms with Gasteiger partial charge >= 0.3 is 0 Å². The molecule has 0 N–H and O–H groups in total. The maximum atomic E-state index is 5.13. The van der Waals surface area contributed by atoms with Crippen molar-refractivity contribution in [3.05, 3.63) is 10.8 Å². The number of hydrogen-bond donors (Lipinski definition) is 0. The topological polar surface area (TPSA) is 27.1 Å². The van der Waals surface area contributed by atoms with Gasteiger partial charge in [-0.15, -0.1) is 0 Å². The highest BCUT2D eigenvalue weighted by Crippen LogP contribution is 2.31. The first-order valence-electron chi connectivity index (χ1n) is 4.56. The molecule has 1 heterocycles. The molecule has 0 aromatic carbocycles. The molecule has 0 spiro atoms. The van der Waals surface area contributed by atoms with E-state index < -0.39 is 0 Å². The lowest BCUT2D eigenvalue weighted by atomic mass is 9.85. The standard InChI is InChI=1S/C9H13BrN2O/c1-13-8-5-11-12(9(8)10)6-7-3-2-4-7/h5,7H,2-4,6H2,1H3. The Hall–Kier alpha value is -0.510. The molecule has 0 aliphatic heterocycles. The van der Waals surface area contributed by atoms with Crippen LogP contribution in [0.3, 0.4) is 0 Å². The third-order valence-electron chi connectivity index (χ3n) is 2.62. The summed E-state index contributed by atoms with van der Waals surface area (Å²) in [6, 6.07) is 0. The van der Waals surface area contributed by atoms with Gasteiger partial charge in [0.2, 0.25) is 0 Å². The third kappa shape index (κ3) is 1.73. The summed E-state index contributed by atoms with van der Waals surface area (Å²) >= 11 is 3.47. The second-order valence-corrected chi connectivity index (χ2v) is 4.23. The monoisotopic (exact) mass is 244 g/mol. The van der Waals surface area contributed by atoms with Gasteiger partial charge in [-0.25, -0.2) is 0 Å². The highest BCUT2D eigenvalue weighted by Gasteiger charge is 2.20. The van der Waals surface area contributed by atoms with Crippen molar-refractivity contribution in [3.8, 4) is 5.75 Å². The minimum Gasteiger partial charge on any atom is -0.492 e. The molecule has 72 valence electrons. The Balaban J connectivity index is 2.06. The lowest BCUT2D eigenvalue weighted by Gasteiger charge is -2.25. The molecule has 0 atom stereocenters. The Kier molecular flexibility index (Phi) is 2.58. The Bertz CT molecular complexity index is 294. The van der Waals surface area contributed by atoms with Gasteiger partial charge in [-0.3, -0.25) is 4.68 Å². The van der Waals surface area contributed by atoms with Crippen molar-refractivity contribution in [2.45, 2.75) is 25.8 Å². The van der Waals surface area contributed by atoms with Crippen LogP contribution in [0.4, 0.5) is 0 Å². The zero-order chi connectivity index (χ0) is 9.26. The summed E-state index contributed by atoms with van der Waals surface area (Å²) in [4.78, 5) is 0. The van der Waals surface area contributed by atoms with Gasteiger partial charge in [0.05, 0.1) is 13.3 Å². The minimum atomic E-state index is 0.819. The lowest BCUT2D eigenvalue weighted by Crippen LogP contribution is -2.18. The van der Waals surface area contributed by atoms with Gasteiger partial charge in [-0.1, -0.05) is 6.42 Å². The van der Waals surface area contributed by atoms with Crippen LogP contribution in [-0.2, 0) is 6.54 Å². The lowest BCUT2D eigenvalue weighted by molar-refractivity contribution is 0.264. The Morgan fingerprint density at radius 2 is 2.46 bits per heavy atom. The number of rotatable bonds is 3. The van der Waals surface area contributed by atoms with Crippen LogP contribution in [0.15, 0.2) is 10.8 Å². The van der Waals surface area contributed by atoms with E-state index in [1.165, 1.54) is 19.3 Å². The fraction of sp³-hybridized carbons (Fsp3) is 0.667. The predicted molar refractivity (Wildman–Crippen MR) is 53.8 cm³/mol. The van der Waals surface area contributed by atoms with Crippen LogP contribution in [0, 0.1) is 5.92 Å². The molecular formula is C9H13BrN2O. The second kappa shape index (κ2) is 3.70. The molecular weight excluding hydrogens is 232 g/mol. The van der Waals surface area contributed by atoms with Crippen molar-refractivity contribution >= 4 is 15.9 Å². The molecule has 0 unspecified atom stereocenters. The Labute approximate surface area is 86.2 Å². The van der Waals surface area contributed by atoms with E-state index >= 15 is 0 Å². The van der Waals surface area contributed by atoms with Crippen molar-refractivity contribution in [2.24, 2.45) is 5.92 Å². The van der Waals surface area contributed by atoms with Gasteiger partial charge in [0.15, 0.2) is 5.75 Å². The first kappa shape index (κ1) is 9.06. The van der Waals surface area contributed by atoms with Gasteiger partial charge in [-0.2, -0.15) is 5.10 Å². The summed E-state index contributed by atoms with van der Waals surface area (Å²) in [6.45, 7) is 1.02. The smallest absolute Gasteiger partial charge is 0.171 e. The molecule has 1 aliphatic carbocycles. The first-order chi connectivity index (χ1) is 6.31. The molecule has 0 saturated heterocycles. The van der Waals surface area contributed by atoms with Gasteiger partial charge < -0.3 is 4.74 Å². The van der Waals surface area contributed by atoms with E-state index in [2.05, 4.69) is 21.0 Å². The zero-order valence-electron chi connectivity index (χ0n) is 7.66. The van der Waals surface area contributed by atoms with Crippen molar-refractivity contribution in [1.29, 1.82) is 0 Å². The summed E-state index contributed by atoms with van der Waals surface area (Å²) in [7, 11) is 1.66.